The summed E-state index contributed by atoms with van der Waals surface area (Å²) in [6, 6.07) is 17.5. The van der Waals surface area contributed by atoms with Crippen molar-refractivity contribution in [2.45, 2.75) is 49.0 Å². The third kappa shape index (κ3) is 13.2. The number of benzene rings is 3. The zero-order chi connectivity index (χ0) is 25.1. The van der Waals surface area contributed by atoms with E-state index in [1.807, 2.05) is 77.9 Å². The van der Waals surface area contributed by atoms with Gasteiger partial charge in [0, 0.05) is 0 Å². The van der Waals surface area contributed by atoms with Crippen molar-refractivity contribution in [1.82, 2.24) is 0 Å². The molecular weight excluding hydrogens is 552 g/mol. The molecule has 0 aliphatic carbocycles. The average Bonchev–Trinajstić information content (AvgIpc) is 2.69. The molecule has 0 aromatic heterocycles. The van der Waals surface area contributed by atoms with Crippen LogP contribution in [0, 0.1) is 41.5 Å². The molecule has 0 aliphatic heterocycles. The predicted molar refractivity (Wildman–Crippen MR) is 155 cm³/mol. The Labute approximate surface area is 226 Å². The van der Waals surface area contributed by atoms with Gasteiger partial charge in [-0.25, -0.2) is 0 Å². The van der Waals surface area contributed by atoms with E-state index in [2.05, 4.69) is 12.1 Å². The van der Waals surface area contributed by atoms with E-state index in [-0.39, 0.29) is 7.43 Å². The molecule has 0 atom stereocenters. The zero-order valence-corrected chi connectivity index (χ0v) is 24.2. The second-order valence-corrected chi connectivity index (χ2v) is 14.0. The van der Waals surface area contributed by atoms with E-state index >= 15 is 0 Å². The average molecular weight is 584 g/mol. The molecule has 9 heteroatoms. The van der Waals surface area contributed by atoms with E-state index in [0.717, 1.165) is 28.2 Å². The highest BCUT2D eigenvalue weighted by Crippen LogP contribution is 2.51. The number of phenols is 1. The van der Waals surface area contributed by atoms with E-state index in [0.29, 0.717) is 5.75 Å². The molecule has 3 aromatic rings. The standard InChI is InChI=1S/C16H18ClO2P.C8H10O.CH4.Cl3P/c1-11-5-7-15(13(3)9-11)18-20(17)19-16-8-6-12(2)10-14(16)4;1-6-3-4-8(9)7(2)5-6;;1-4(2)3/h5-10H,1-4H3;3-5,9H,1-2H3;1H4;. The topological polar surface area (TPSA) is 38.7 Å². The molecule has 0 saturated carbocycles. The summed E-state index contributed by atoms with van der Waals surface area (Å²) >= 11 is 20.8. The highest BCUT2D eigenvalue weighted by atomic mass is 36.0. The third-order valence-corrected chi connectivity index (χ3v) is 5.45. The number of rotatable bonds is 4. The molecule has 3 rings (SSSR count). The van der Waals surface area contributed by atoms with Crippen LogP contribution in [0.3, 0.4) is 0 Å². The molecule has 188 valence electrons. The molecule has 0 aliphatic rings. The Morgan fingerprint density at radius 2 is 0.912 bits per heavy atom. The van der Waals surface area contributed by atoms with Crippen LogP contribution >= 0.6 is 58.7 Å². The second-order valence-electron chi connectivity index (χ2n) is 7.41. The molecule has 0 fully saturated rings. The number of aryl methyl sites for hydroxylation is 6. The van der Waals surface area contributed by atoms with Crippen LogP contribution in [0.2, 0.25) is 0 Å². The molecule has 3 nitrogen and oxygen atoms in total. The lowest BCUT2D eigenvalue weighted by Crippen LogP contribution is -1.94. The lowest BCUT2D eigenvalue weighted by molar-refractivity contribution is 0.471. The van der Waals surface area contributed by atoms with Gasteiger partial charge in [0.05, 0.1) is 0 Å². The number of hydrogen-bond donors (Lipinski definition) is 1. The summed E-state index contributed by atoms with van der Waals surface area (Å²) in [5, 5.41) is 9.04. The normalized spacial score (nSPS) is 9.88. The summed E-state index contributed by atoms with van der Waals surface area (Å²) in [6.45, 7) is 12.0. The van der Waals surface area contributed by atoms with Crippen LogP contribution in [0.1, 0.15) is 40.8 Å². The SMILES string of the molecule is C.Cc1ccc(O)c(C)c1.Cc1ccc(OP(Cl)Oc2ccc(C)cc2C)c(C)c1.ClP(Cl)Cl. The fourth-order valence-electron chi connectivity index (χ4n) is 2.78. The maximum absolute atomic E-state index is 9.04. The first-order chi connectivity index (χ1) is 15.4. The first kappa shape index (κ1) is 33.1. The summed E-state index contributed by atoms with van der Waals surface area (Å²) in [7, 11) is -1.51. The van der Waals surface area contributed by atoms with Gasteiger partial charge in [0.25, 0.3) is 0 Å². The Bertz CT molecular complexity index is 977. The van der Waals surface area contributed by atoms with Gasteiger partial charge in [-0.3, -0.25) is 0 Å². The van der Waals surface area contributed by atoms with Crippen molar-refractivity contribution < 1.29 is 14.2 Å². The Morgan fingerprint density at radius 3 is 1.21 bits per heavy atom. The smallest absolute Gasteiger partial charge is 0.401 e. The number of hydrogen-bond acceptors (Lipinski definition) is 3. The number of aromatic hydroxyl groups is 1. The van der Waals surface area contributed by atoms with Crippen LogP contribution in [0.15, 0.2) is 54.6 Å². The molecule has 0 unspecified atom stereocenters. The highest BCUT2D eigenvalue weighted by Gasteiger charge is 2.14. The molecule has 0 spiro atoms. The van der Waals surface area contributed by atoms with Gasteiger partial charge >= 0.3 is 7.73 Å². The van der Waals surface area contributed by atoms with Gasteiger partial charge < -0.3 is 14.2 Å². The summed E-state index contributed by atoms with van der Waals surface area (Å²) in [5.74, 6) is 0.702. The van der Waals surface area contributed by atoms with Crippen molar-refractivity contribution >= 4 is 58.7 Å². The van der Waals surface area contributed by atoms with Gasteiger partial charge in [-0.15, -0.1) is 0 Å². The van der Waals surface area contributed by atoms with E-state index in [4.69, 9.17) is 59.1 Å². The maximum atomic E-state index is 9.04. The number of halogens is 4. The van der Waals surface area contributed by atoms with Gasteiger partial charge in [0.1, 0.15) is 17.2 Å². The van der Waals surface area contributed by atoms with Crippen LogP contribution in [0.5, 0.6) is 17.2 Å². The minimum atomic E-state index is -1.51. The van der Waals surface area contributed by atoms with Crippen molar-refractivity contribution in [2.75, 3.05) is 0 Å². The van der Waals surface area contributed by atoms with E-state index in [1.165, 1.54) is 16.7 Å². The highest BCUT2D eigenvalue weighted by molar-refractivity contribution is 8.20. The third-order valence-electron chi connectivity index (χ3n) is 4.35. The van der Waals surface area contributed by atoms with Crippen LogP contribution in [0.25, 0.3) is 0 Å². The van der Waals surface area contributed by atoms with Gasteiger partial charge in [0.2, 0.25) is 0 Å². The molecule has 1 N–H and O–H groups in total. The van der Waals surface area contributed by atoms with Crippen LogP contribution in [0.4, 0.5) is 0 Å². The fraction of sp³-hybridized carbons (Fsp3) is 0.280. The van der Waals surface area contributed by atoms with Crippen LogP contribution < -0.4 is 9.05 Å². The molecule has 0 heterocycles. The first-order valence-electron chi connectivity index (χ1n) is 9.89. The molecule has 0 radical (unpaired) electrons. The monoisotopic (exact) mass is 582 g/mol. The Balaban J connectivity index is 0.000000647. The Morgan fingerprint density at radius 1 is 0.588 bits per heavy atom. The summed E-state index contributed by atoms with van der Waals surface area (Å²) in [5.41, 5.74) is 6.64. The van der Waals surface area contributed by atoms with E-state index in [9.17, 15) is 0 Å². The quantitative estimate of drug-likeness (QED) is 0.310. The Kier molecular flexibility index (Phi) is 16.2. The lowest BCUT2D eigenvalue weighted by Gasteiger charge is -2.15. The van der Waals surface area contributed by atoms with Gasteiger partial charge in [0.15, 0.2) is 5.98 Å². The minimum absolute atomic E-state index is 0. The van der Waals surface area contributed by atoms with Crippen LogP contribution in [-0.4, -0.2) is 5.11 Å². The van der Waals surface area contributed by atoms with Gasteiger partial charge in [-0.1, -0.05) is 94.2 Å². The van der Waals surface area contributed by atoms with E-state index < -0.39 is 13.7 Å². The second kappa shape index (κ2) is 16.7. The van der Waals surface area contributed by atoms with E-state index in [1.54, 1.807) is 6.07 Å². The summed E-state index contributed by atoms with van der Waals surface area (Å²) < 4.78 is 11.4. The van der Waals surface area contributed by atoms with Gasteiger partial charge in [-0.05, 0) is 87.7 Å². The zero-order valence-electron chi connectivity index (χ0n) is 19.4. The molecular formula is C25H32Cl4O3P2. The molecule has 3 aromatic carbocycles. The number of phenolic OH excluding ortho intramolecular Hbond substituents is 1. The predicted octanol–water partition coefficient (Wildman–Crippen LogP) is 11.4. The van der Waals surface area contributed by atoms with Crippen molar-refractivity contribution in [2.24, 2.45) is 0 Å². The Hall–Kier alpha value is -0.920. The summed E-state index contributed by atoms with van der Waals surface area (Å²) in [6.07, 6.45) is 0. The van der Waals surface area contributed by atoms with Crippen LogP contribution in [-0.2, 0) is 0 Å². The minimum Gasteiger partial charge on any atom is -0.508 e. The molecule has 0 saturated heterocycles. The van der Waals surface area contributed by atoms with Crippen molar-refractivity contribution in [3.8, 4) is 17.2 Å². The summed E-state index contributed by atoms with van der Waals surface area (Å²) in [4.78, 5) is 0. The van der Waals surface area contributed by atoms with Crippen molar-refractivity contribution in [1.29, 1.82) is 0 Å². The first-order valence-corrected chi connectivity index (χ1v) is 16.0. The van der Waals surface area contributed by atoms with Crippen molar-refractivity contribution in [3.63, 3.8) is 0 Å². The molecule has 0 bridgehead atoms. The molecule has 0 amide bonds. The largest absolute Gasteiger partial charge is 0.508 e. The maximum Gasteiger partial charge on any atom is 0.401 e. The van der Waals surface area contributed by atoms with Gasteiger partial charge in [-0.2, -0.15) is 0 Å². The lowest BCUT2D eigenvalue weighted by atomic mass is 10.1. The molecule has 34 heavy (non-hydrogen) atoms. The fourth-order valence-corrected chi connectivity index (χ4v) is 3.98. The van der Waals surface area contributed by atoms with Crippen molar-refractivity contribution in [3.05, 3.63) is 88.0 Å².